The zero-order chi connectivity index (χ0) is 15.1. The molecule has 118 valence electrons. The topological polar surface area (TPSA) is 93.0 Å². The van der Waals surface area contributed by atoms with Gasteiger partial charge in [0.25, 0.3) is 0 Å². The average Bonchev–Trinajstić information content (AvgIpc) is 3.10. The van der Waals surface area contributed by atoms with Crippen molar-refractivity contribution in [3.05, 3.63) is 23.4 Å². The lowest BCUT2D eigenvalue weighted by atomic mass is 10.2. The first kappa shape index (κ1) is 13.8. The fourth-order valence-corrected chi connectivity index (χ4v) is 2.76. The van der Waals surface area contributed by atoms with Crippen molar-refractivity contribution in [1.29, 1.82) is 0 Å². The SMILES string of the molecule is Cc1nc([C@H]2CN([C@@H](C)c3nc(C4CC4)no3)CCO2)n[nH]1. The van der Waals surface area contributed by atoms with Crippen molar-refractivity contribution in [2.45, 2.75) is 44.8 Å². The van der Waals surface area contributed by atoms with Gasteiger partial charge >= 0.3 is 0 Å². The molecule has 3 heterocycles. The van der Waals surface area contributed by atoms with E-state index in [1.54, 1.807) is 0 Å². The second-order valence-corrected chi connectivity index (χ2v) is 6.07. The quantitative estimate of drug-likeness (QED) is 0.915. The predicted octanol–water partition coefficient (Wildman–Crippen LogP) is 1.51. The normalized spacial score (nSPS) is 24.5. The van der Waals surface area contributed by atoms with E-state index in [1.807, 2.05) is 6.92 Å². The first-order valence-electron chi connectivity index (χ1n) is 7.79. The van der Waals surface area contributed by atoms with Gasteiger partial charge in [-0.2, -0.15) is 10.1 Å². The first-order chi connectivity index (χ1) is 10.7. The Bertz CT molecular complexity index is 649. The highest BCUT2D eigenvalue weighted by molar-refractivity contribution is 5.05. The molecule has 1 saturated heterocycles. The number of H-pyrrole nitrogens is 1. The summed E-state index contributed by atoms with van der Waals surface area (Å²) >= 11 is 0. The van der Waals surface area contributed by atoms with Gasteiger partial charge in [-0.25, -0.2) is 4.98 Å². The van der Waals surface area contributed by atoms with Crippen LogP contribution in [0.2, 0.25) is 0 Å². The Hall–Kier alpha value is -1.80. The van der Waals surface area contributed by atoms with Gasteiger partial charge in [0, 0.05) is 19.0 Å². The molecule has 0 bridgehead atoms. The summed E-state index contributed by atoms with van der Waals surface area (Å²) in [4.78, 5) is 11.2. The van der Waals surface area contributed by atoms with Crippen LogP contribution in [0.4, 0.5) is 0 Å². The molecule has 8 heteroatoms. The summed E-state index contributed by atoms with van der Waals surface area (Å²) < 4.78 is 11.2. The molecule has 22 heavy (non-hydrogen) atoms. The number of nitrogens with zero attached hydrogens (tertiary/aromatic N) is 5. The van der Waals surface area contributed by atoms with Crippen LogP contribution in [0, 0.1) is 6.92 Å². The lowest BCUT2D eigenvalue weighted by Gasteiger charge is -2.34. The lowest BCUT2D eigenvalue weighted by Crippen LogP contribution is -2.40. The number of ether oxygens (including phenoxy) is 1. The number of hydrogen-bond acceptors (Lipinski definition) is 7. The second kappa shape index (κ2) is 5.44. The number of nitrogens with one attached hydrogen (secondary N) is 1. The van der Waals surface area contributed by atoms with E-state index in [-0.39, 0.29) is 12.1 Å². The highest BCUT2D eigenvalue weighted by Crippen LogP contribution is 2.38. The summed E-state index contributed by atoms with van der Waals surface area (Å²) in [6.07, 6.45) is 2.24. The maximum absolute atomic E-state index is 5.79. The average molecular weight is 304 g/mol. The van der Waals surface area contributed by atoms with E-state index in [2.05, 4.69) is 37.1 Å². The predicted molar refractivity (Wildman–Crippen MR) is 76.1 cm³/mol. The minimum Gasteiger partial charge on any atom is -0.367 e. The summed E-state index contributed by atoms with van der Waals surface area (Å²) in [5.41, 5.74) is 0. The van der Waals surface area contributed by atoms with Gasteiger partial charge in [0.1, 0.15) is 11.9 Å². The van der Waals surface area contributed by atoms with Crippen LogP contribution in [0.1, 0.15) is 61.2 Å². The first-order valence-corrected chi connectivity index (χ1v) is 7.79. The van der Waals surface area contributed by atoms with Gasteiger partial charge < -0.3 is 9.26 Å². The van der Waals surface area contributed by atoms with Crippen LogP contribution in [-0.2, 0) is 4.74 Å². The molecule has 1 aliphatic carbocycles. The van der Waals surface area contributed by atoms with Crippen molar-refractivity contribution in [2.75, 3.05) is 19.7 Å². The molecule has 0 spiro atoms. The van der Waals surface area contributed by atoms with Gasteiger partial charge in [0.2, 0.25) is 5.89 Å². The summed E-state index contributed by atoms with van der Waals surface area (Å²) in [5, 5.41) is 11.2. The molecule has 4 rings (SSSR count). The highest BCUT2D eigenvalue weighted by Gasteiger charge is 2.33. The Kier molecular flexibility index (Phi) is 3.42. The van der Waals surface area contributed by atoms with Gasteiger partial charge in [0.05, 0.1) is 12.6 Å². The number of aromatic nitrogens is 5. The molecule has 2 atom stereocenters. The molecule has 0 amide bonds. The fraction of sp³-hybridized carbons (Fsp3) is 0.714. The van der Waals surface area contributed by atoms with Gasteiger partial charge in [-0.1, -0.05) is 5.16 Å². The van der Waals surface area contributed by atoms with E-state index in [1.165, 1.54) is 12.8 Å². The highest BCUT2D eigenvalue weighted by atomic mass is 16.5. The van der Waals surface area contributed by atoms with E-state index in [4.69, 9.17) is 9.26 Å². The summed E-state index contributed by atoms with van der Waals surface area (Å²) in [6.45, 7) is 6.18. The Morgan fingerprint density at radius 2 is 2.14 bits per heavy atom. The van der Waals surface area contributed by atoms with E-state index in [0.29, 0.717) is 24.2 Å². The van der Waals surface area contributed by atoms with Crippen LogP contribution in [-0.4, -0.2) is 49.9 Å². The molecule has 2 aliphatic rings. The smallest absolute Gasteiger partial charge is 0.243 e. The summed E-state index contributed by atoms with van der Waals surface area (Å²) in [5.74, 6) is 3.57. The number of aryl methyl sites for hydroxylation is 1. The van der Waals surface area contributed by atoms with E-state index in [9.17, 15) is 0 Å². The molecular weight excluding hydrogens is 284 g/mol. The molecule has 1 aliphatic heterocycles. The van der Waals surface area contributed by atoms with Crippen LogP contribution >= 0.6 is 0 Å². The molecule has 2 fully saturated rings. The van der Waals surface area contributed by atoms with Crippen molar-refractivity contribution in [3.8, 4) is 0 Å². The van der Waals surface area contributed by atoms with Crippen LogP contribution in [0.15, 0.2) is 4.52 Å². The van der Waals surface area contributed by atoms with Gasteiger partial charge in [0.15, 0.2) is 11.6 Å². The van der Waals surface area contributed by atoms with E-state index in [0.717, 1.165) is 24.7 Å². The maximum Gasteiger partial charge on any atom is 0.243 e. The zero-order valence-electron chi connectivity index (χ0n) is 12.8. The van der Waals surface area contributed by atoms with Crippen LogP contribution < -0.4 is 0 Å². The van der Waals surface area contributed by atoms with Crippen molar-refractivity contribution >= 4 is 0 Å². The monoisotopic (exact) mass is 304 g/mol. The van der Waals surface area contributed by atoms with Crippen LogP contribution in [0.3, 0.4) is 0 Å². The number of morpholine rings is 1. The van der Waals surface area contributed by atoms with Crippen LogP contribution in [0.5, 0.6) is 0 Å². The Morgan fingerprint density at radius 3 is 2.86 bits per heavy atom. The standard InChI is InChI=1S/C14H20N6O2/c1-8(14-16-12(19-22-14)10-3-4-10)20-5-6-21-11(7-20)13-15-9(2)17-18-13/h8,10-11H,3-7H2,1-2H3,(H,15,17,18)/t8-,11+/m0/s1. The third-order valence-corrected chi connectivity index (χ3v) is 4.31. The minimum atomic E-state index is -0.119. The summed E-state index contributed by atoms with van der Waals surface area (Å²) in [7, 11) is 0. The van der Waals surface area contributed by atoms with E-state index < -0.39 is 0 Å². The minimum absolute atomic E-state index is 0.0754. The molecule has 1 N–H and O–H groups in total. The molecule has 2 aromatic heterocycles. The molecule has 0 radical (unpaired) electrons. The number of hydrogen-bond donors (Lipinski definition) is 1. The fourth-order valence-electron chi connectivity index (χ4n) is 2.76. The van der Waals surface area contributed by atoms with Gasteiger partial charge in [-0.15, -0.1) is 0 Å². The van der Waals surface area contributed by atoms with Gasteiger partial charge in [-0.3, -0.25) is 10.00 Å². The molecule has 1 saturated carbocycles. The Labute approximate surface area is 128 Å². The number of aromatic amines is 1. The van der Waals surface area contributed by atoms with Crippen LogP contribution in [0.25, 0.3) is 0 Å². The molecule has 0 aromatic carbocycles. The Balaban J connectivity index is 1.46. The third-order valence-electron chi connectivity index (χ3n) is 4.31. The number of rotatable bonds is 4. The molecule has 8 nitrogen and oxygen atoms in total. The molecule has 0 unspecified atom stereocenters. The largest absolute Gasteiger partial charge is 0.367 e. The van der Waals surface area contributed by atoms with Crippen molar-refractivity contribution < 1.29 is 9.26 Å². The zero-order valence-corrected chi connectivity index (χ0v) is 12.8. The maximum atomic E-state index is 5.79. The van der Waals surface area contributed by atoms with Crippen molar-refractivity contribution in [3.63, 3.8) is 0 Å². The van der Waals surface area contributed by atoms with E-state index >= 15 is 0 Å². The van der Waals surface area contributed by atoms with Gasteiger partial charge in [-0.05, 0) is 26.7 Å². The Morgan fingerprint density at radius 1 is 1.27 bits per heavy atom. The summed E-state index contributed by atoms with van der Waals surface area (Å²) in [6, 6.07) is 0.0754. The van der Waals surface area contributed by atoms with Crippen molar-refractivity contribution in [1.82, 2.24) is 30.2 Å². The second-order valence-electron chi connectivity index (χ2n) is 6.07. The molecule has 2 aromatic rings. The van der Waals surface area contributed by atoms with Crippen molar-refractivity contribution in [2.24, 2.45) is 0 Å². The lowest BCUT2D eigenvalue weighted by molar-refractivity contribution is -0.0507. The third kappa shape index (κ3) is 2.64. The molecular formula is C14H20N6O2.